The molecule has 0 unspecified atom stereocenters. The van der Waals surface area contributed by atoms with Crippen LogP contribution in [0, 0.1) is 17.0 Å². The third kappa shape index (κ3) is 9.44. The van der Waals surface area contributed by atoms with Crippen LogP contribution in [-0.2, 0) is 32.6 Å². The predicted octanol–water partition coefficient (Wildman–Crippen LogP) is 6.85. The second-order valence-electron chi connectivity index (χ2n) is 12.6. The SMILES string of the molecule is COc1ccc(N(CC(=O)N(Cc2ccc(Cl)cc2)[C@@H](Cc2ccccc2)C(=O)NC2CCCCC2)S(=O)(=O)c2ccc(C)c([N+](=O)[O-])c2)cc1. The number of sulfonamides is 1. The van der Waals surface area contributed by atoms with Gasteiger partial charge in [0.15, 0.2) is 0 Å². The largest absolute Gasteiger partial charge is 0.497 e. The average Bonchev–Trinajstić information content (AvgIpc) is 3.13. The number of anilines is 1. The molecule has 1 aliphatic carbocycles. The number of carbonyl (C=O) groups excluding carboxylic acids is 2. The molecular formula is C38H41ClN4O7S. The molecule has 0 spiro atoms. The summed E-state index contributed by atoms with van der Waals surface area (Å²) in [4.78, 5) is 41.2. The lowest BCUT2D eigenvalue weighted by Gasteiger charge is -2.35. The summed E-state index contributed by atoms with van der Waals surface area (Å²) in [6.45, 7) is 0.795. The van der Waals surface area contributed by atoms with Crippen LogP contribution in [0.4, 0.5) is 11.4 Å². The summed E-state index contributed by atoms with van der Waals surface area (Å²) in [5.74, 6) is -0.521. The molecule has 5 rings (SSSR count). The van der Waals surface area contributed by atoms with Gasteiger partial charge in [0.25, 0.3) is 15.7 Å². The Labute approximate surface area is 303 Å². The predicted molar refractivity (Wildman–Crippen MR) is 196 cm³/mol. The number of nitrogens with one attached hydrogen (secondary N) is 1. The van der Waals surface area contributed by atoms with Crippen LogP contribution in [0.2, 0.25) is 5.02 Å². The van der Waals surface area contributed by atoms with Gasteiger partial charge < -0.3 is 15.0 Å². The van der Waals surface area contributed by atoms with E-state index in [2.05, 4.69) is 5.32 Å². The molecule has 1 N–H and O–H groups in total. The number of nitro groups is 1. The van der Waals surface area contributed by atoms with E-state index in [-0.39, 0.29) is 46.7 Å². The number of hydrogen-bond donors (Lipinski definition) is 1. The van der Waals surface area contributed by atoms with Crippen LogP contribution in [0.1, 0.15) is 48.8 Å². The Hall–Kier alpha value is -4.94. The molecule has 51 heavy (non-hydrogen) atoms. The maximum Gasteiger partial charge on any atom is 0.273 e. The van der Waals surface area contributed by atoms with Crippen molar-refractivity contribution < 1.29 is 27.7 Å². The lowest BCUT2D eigenvalue weighted by atomic mass is 9.94. The first-order chi connectivity index (χ1) is 24.5. The van der Waals surface area contributed by atoms with Crippen LogP contribution < -0.4 is 14.4 Å². The molecule has 1 atom stereocenters. The molecule has 13 heteroatoms. The third-order valence-corrected chi connectivity index (χ3v) is 11.1. The summed E-state index contributed by atoms with van der Waals surface area (Å²) in [6, 6.07) is 24.9. The van der Waals surface area contributed by atoms with Gasteiger partial charge >= 0.3 is 0 Å². The van der Waals surface area contributed by atoms with Gasteiger partial charge in [-0.15, -0.1) is 0 Å². The van der Waals surface area contributed by atoms with Gasteiger partial charge in [0, 0.05) is 35.7 Å². The van der Waals surface area contributed by atoms with E-state index >= 15 is 0 Å². The Balaban J connectivity index is 1.59. The zero-order valence-electron chi connectivity index (χ0n) is 28.5. The highest BCUT2D eigenvalue weighted by Crippen LogP contribution is 2.30. The number of halogens is 1. The molecule has 0 aromatic heterocycles. The van der Waals surface area contributed by atoms with Gasteiger partial charge in [-0.1, -0.05) is 79.4 Å². The number of nitrogens with zero attached hydrogens (tertiary/aromatic N) is 3. The topological polar surface area (TPSA) is 139 Å². The van der Waals surface area contributed by atoms with E-state index in [9.17, 15) is 28.1 Å². The van der Waals surface area contributed by atoms with Crippen molar-refractivity contribution in [3.63, 3.8) is 0 Å². The van der Waals surface area contributed by atoms with Crippen molar-refractivity contribution >= 4 is 44.8 Å². The molecule has 11 nitrogen and oxygen atoms in total. The monoisotopic (exact) mass is 732 g/mol. The highest BCUT2D eigenvalue weighted by Gasteiger charge is 2.36. The highest BCUT2D eigenvalue weighted by atomic mass is 35.5. The van der Waals surface area contributed by atoms with Crippen molar-refractivity contribution in [1.82, 2.24) is 10.2 Å². The number of ether oxygens (including phenoxy) is 1. The first-order valence-electron chi connectivity index (χ1n) is 16.8. The number of aryl methyl sites for hydroxylation is 1. The van der Waals surface area contributed by atoms with Crippen LogP contribution in [0.3, 0.4) is 0 Å². The molecule has 268 valence electrons. The molecule has 0 radical (unpaired) electrons. The zero-order valence-corrected chi connectivity index (χ0v) is 30.1. The molecule has 1 saturated carbocycles. The molecular weight excluding hydrogens is 692 g/mol. The maximum absolute atomic E-state index is 14.7. The molecule has 0 saturated heterocycles. The minimum absolute atomic E-state index is 0.0158. The number of rotatable bonds is 14. The van der Waals surface area contributed by atoms with E-state index in [1.807, 2.05) is 30.3 Å². The van der Waals surface area contributed by atoms with Gasteiger partial charge in [0.1, 0.15) is 18.3 Å². The van der Waals surface area contributed by atoms with Crippen molar-refractivity contribution in [3.05, 3.63) is 129 Å². The third-order valence-electron chi connectivity index (χ3n) is 9.09. The van der Waals surface area contributed by atoms with Gasteiger partial charge in [-0.25, -0.2) is 8.42 Å². The Morgan fingerprint density at radius 2 is 1.61 bits per heavy atom. The summed E-state index contributed by atoms with van der Waals surface area (Å²) in [5.41, 5.74) is 1.55. The number of hydrogen-bond acceptors (Lipinski definition) is 7. The van der Waals surface area contributed by atoms with E-state index in [1.165, 1.54) is 43.2 Å². The molecule has 0 bridgehead atoms. The first kappa shape index (κ1) is 37.3. The van der Waals surface area contributed by atoms with Crippen LogP contribution >= 0.6 is 11.6 Å². The molecule has 1 aliphatic rings. The van der Waals surface area contributed by atoms with E-state index in [0.29, 0.717) is 16.3 Å². The van der Waals surface area contributed by atoms with Gasteiger partial charge in [0.05, 0.1) is 22.6 Å². The van der Waals surface area contributed by atoms with E-state index < -0.39 is 33.4 Å². The number of amides is 2. The molecule has 0 aliphatic heterocycles. The lowest BCUT2D eigenvalue weighted by Crippen LogP contribution is -2.55. The zero-order chi connectivity index (χ0) is 36.5. The summed E-state index contributed by atoms with van der Waals surface area (Å²) in [5, 5.41) is 15.5. The van der Waals surface area contributed by atoms with Crippen molar-refractivity contribution in [3.8, 4) is 5.75 Å². The second kappa shape index (κ2) is 16.8. The fourth-order valence-electron chi connectivity index (χ4n) is 6.24. The Kier molecular flexibility index (Phi) is 12.3. The van der Waals surface area contributed by atoms with Gasteiger partial charge in [-0.3, -0.25) is 24.0 Å². The van der Waals surface area contributed by atoms with Crippen molar-refractivity contribution in [2.75, 3.05) is 18.0 Å². The Bertz CT molecular complexity index is 1940. The van der Waals surface area contributed by atoms with Crippen LogP contribution in [0.25, 0.3) is 0 Å². The minimum atomic E-state index is -4.56. The lowest BCUT2D eigenvalue weighted by molar-refractivity contribution is -0.385. The van der Waals surface area contributed by atoms with Gasteiger partial charge in [0.2, 0.25) is 11.8 Å². The molecule has 4 aromatic rings. The Morgan fingerprint density at radius 3 is 2.24 bits per heavy atom. The summed E-state index contributed by atoms with van der Waals surface area (Å²) >= 11 is 6.18. The van der Waals surface area contributed by atoms with Crippen LogP contribution in [0.15, 0.2) is 102 Å². The fraction of sp³-hybridized carbons (Fsp3) is 0.316. The molecule has 2 amide bonds. The van der Waals surface area contributed by atoms with E-state index in [1.54, 1.807) is 36.4 Å². The van der Waals surface area contributed by atoms with E-state index in [4.69, 9.17) is 16.3 Å². The first-order valence-corrected chi connectivity index (χ1v) is 18.6. The highest BCUT2D eigenvalue weighted by molar-refractivity contribution is 7.92. The summed E-state index contributed by atoms with van der Waals surface area (Å²) in [6.07, 6.45) is 4.93. The maximum atomic E-state index is 14.7. The number of benzene rings is 4. The van der Waals surface area contributed by atoms with Crippen molar-refractivity contribution in [1.29, 1.82) is 0 Å². The second-order valence-corrected chi connectivity index (χ2v) is 14.9. The smallest absolute Gasteiger partial charge is 0.273 e. The number of methoxy groups -OCH3 is 1. The van der Waals surface area contributed by atoms with Crippen molar-refractivity contribution in [2.45, 2.75) is 69.0 Å². The van der Waals surface area contributed by atoms with Crippen LogP contribution in [0.5, 0.6) is 5.75 Å². The van der Waals surface area contributed by atoms with Crippen molar-refractivity contribution in [2.24, 2.45) is 0 Å². The molecule has 4 aromatic carbocycles. The summed E-state index contributed by atoms with van der Waals surface area (Å²) < 4.78 is 35.0. The van der Waals surface area contributed by atoms with Gasteiger partial charge in [-0.05, 0) is 73.4 Å². The minimum Gasteiger partial charge on any atom is -0.497 e. The normalized spacial score (nSPS) is 13.9. The van der Waals surface area contributed by atoms with Crippen LogP contribution in [-0.4, -0.2) is 55.8 Å². The number of nitro benzene ring substituents is 1. The Morgan fingerprint density at radius 1 is 0.941 bits per heavy atom. The standard InChI is InChI=1S/C38H41ClN4O7S/c1-27-13-22-34(24-35(27)43(46)47)51(48,49)42(32-18-20-33(50-2)21-19-32)26-37(44)41(25-29-14-16-30(39)17-15-29)36(23-28-9-5-3-6-10-28)38(45)40-31-11-7-4-8-12-31/h3,5-6,9-10,13-22,24,31,36H,4,7-8,11-12,23,25-26H2,1-2H3,(H,40,45)/t36-/m0/s1. The quantitative estimate of drug-likeness (QED) is 0.111. The van der Waals surface area contributed by atoms with E-state index in [0.717, 1.165) is 48.0 Å². The number of carbonyl (C=O) groups is 2. The summed E-state index contributed by atoms with van der Waals surface area (Å²) in [7, 11) is -3.09. The van der Waals surface area contributed by atoms with Gasteiger partial charge in [-0.2, -0.15) is 0 Å². The molecule has 0 heterocycles. The molecule has 1 fully saturated rings. The fourth-order valence-corrected chi connectivity index (χ4v) is 7.80. The average molecular weight is 733 g/mol.